The molecule has 2 aliphatic rings. The molecule has 1 aliphatic heterocycles. The number of allylic oxidation sites excluding steroid dienone is 1. The number of benzene rings is 4. The summed E-state index contributed by atoms with van der Waals surface area (Å²) in [5.74, 6) is -1.99. The number of fused-ring (bicyclic) bond motifs is 1. The van der Waals surface area contributed by atoms with Gasteiger partial charge < -0.3 is 29.7 Å². The van der Waals surface area contributed by atoms with Crippen LogP contribution in [0.5, 0.6) is 5.75 Å². The van der Waals surface area contributed by atoms with Crippen LogP contribution < -0.4 is 5.32 Å². The number of phenols is 1. The molecule has 1 aliphatic carbocycles. The zero-order valence-corrected chi connectivity index (χ0v) is 25.1. The highest BCUT2D eigenvalue weighted by atomic mass is 16.8. The predicted molar refractivity (Wildman–Crippen MR) is 173 cm³/mol. The number of aliphatic hydroxyl groups excluding tert-OH is 1. The van der Waals surface area contributed by atoms with E-state index < -0.39 is 30.1 Å². The van der Waals surface area contributed by atoms with E-state index in [0.717, 1.165) is 22.3 Å². The van der Waals surface area contributed by atoms with Crippen molar-refractivity contribution in [1.29, 1.82) is 0 Å². The third-order valence-electron chi connectivity index (χ3n) is 8.10. The zero-order chi connectivity index (χ0) is 31.9. The van der Waals surface area contributed by atoms with E-state index in [1.54, 1.807) is 36.4 Å². The van der Waals surface area contributed by atoms with Gasteiger partial charge in [-0.3, -0.25) is 4.79 Å². The van der Waals surface area contributed by atoms with Crippen LogP contribution in [-0.4, -0.2) is 53.6 Å². The molecule has 3 atom stereocenters. The molecule has 0 spiro atoms. The Labute approximate surface area is 267 Å². The lowest BCUT2D eigenvalue weighted by atomic mass is 9.91. The number of phenolic OH excluding ortho intramolecular Hbond substituents is 1. The molecule has 0 radical (unpaired) electrons. The molecule has 46 heavy (non-hydrogen) atoms. The van der Waals surface area contributed by atoms with Gasteiger partial charge in [0.05, 0.1) is 12.2 Å². The molecule has 0 bridgehead atoms. The largest absolute Gasteiger partial charge is 0.508 e. The SMILES string of the molecule is O=C(NCCO)C1=C[C@H]2OC(c3ccccc3)(c3ccccc3)O[C@H]2[C@H](OC(=O)c2cccc(C=CCc3ccccc3O)c2)C1. The van der Waals surface area contributed by atoms with Gasteiger partial charge in [0, 0.05) is 29.7 Å². The summed E-state index contributed by atoms with van der Waals surface area (Å²) in [7, 11) is 0. The number of hydrogen-bond acceptors (Lipinski definition) is 7. The number of rotatable bonds is 10. The molecule has 8 heteroatoms. The van der Waals surface area contributed by atoms with Crippen molar-refractivity contribution in [2.45, 2.75) is 36.9 Å². The second-order valence-electron chi connectivity index (χ2n) is 11.2. The van der Waals surface area contributed by atoms with Crippen LogP contribution in [0.4, 0.5) is 0 Å². The van der Waals surface area contributed by atoms with Crippen molar-refractivity contribution >= 4 is 18.0 Å². The van der Waals surface area contributed by atoms with Crippen LogP contribution >= 0.6 is 0 Å². The van der Waals surface area contributed by atoms with E-state index in [9.17, 15) is 19.8 Å². The van der Waals surface area contributed by atoms with Crippen molar-refractivity contribution < 1.29 is 34.0 Å². The van der Waals surface area contributed by atoms with Gasteiger partial charge in [-0.05, 0) is 41.8 Å². The van der Waals surface area contributed by atoms with E-state index in [1.165, 1.54) is 0 Å². The summed E-state index contributed by atoms with van der Waals surface area (Å²) >= 11 is 0. The number of aliphatic hydroxyl groups is 1. The first kappa shape index (κ1) is 31.0. The second-order valence-corrected chi connectivity index (χ2v) is 11.2. The highest BCUT2D eigenvalue weighted by Crippen LogP contribution is 2.47. The van der Waals surface area contributed by atoms with Crippen LogP contribution in [0.2, 0.25) is 0 Å². The van der Waals surface area contributed by atoms with E-state index in [4.69, 9.17) is 14.2 Å². The van der Waals surface area contributed by atoms with E-state index >= 15 is 0 Å². The van der Waals surface area contributed by atoms with Crippen LogP contribution in [0.1, 0.15) is 39.0 Å². The lowest BCUT2D eigenvalue weighted by molar-refractivity contribution is -0.157. The minimum absolute atomic E-state index is 0.0915. The fourth-order valence-corrected chi connectivity index (χ4v) is 5.86. The van der Waals surface area contributed by atoms with E-state index in [0.29, 0.717) is 17.6 Å². The highest BCUT2D eigenvalue weighted by molar-refractivity contribution is 5.94. The van der Waals surface area contributed by atoms with Gasteiger partial charge in [-0.15, -0.1) is 0 Å². The molecule has 1 heterocycles. The lowest BCUT2D eigenvalue weighted by Gasteiger charge is -2.31. The summed E-state index contributed by atoms with van der Waals surface area (Å²) < 4.78 is 19.6. The number of nitrogens with one attached hydrogen (secondary N) is 1. The molecule has 8 nitrogen and oxygen atoms in total. The first-order chi connectivity index (χ1) is 22.5. The molecule has 0 unspecified atom stereocenters. The van der Waals surface area contributed by atoms with E-state index in [-0.39, 0.29) is 31.2 Å². The van der Waals surface area contributed by atoms with Crippen LogP contribution in [0.25, 0.3) is 6.08 Å². The monoisotopic (exact) mass is 617 g/mol. The molecule has 1 amide bonds. The van der Waals surface area contributed by atoms with Crippen molar-refractivity contribution in [3.8, 4) is 5.75 Å². The molecule has 0 aromatic heterocycles. The normalized spacial score (nSPS) is 20.1. The van der Waals surface area contributed by atoms with E-state index in [2.05, 4.69) is 5.32 Å². The Morgan fingerprint density at radius 2 is 1.59 bits per heavy atom. The van der Waals surface area contributed by atoms with Crippen LogP contribution in [0.3, 0.4) is 0 Å². The standard InChI is InChI=1S/C38H35NO7/c40-22-21-39-36(42)29-24-33(44-37(43)28-15-10-12-26(23-28)11-9-14-27-13-7-8-20-32(27)41)35-34(25-29)45-38(46-35,30-16-3-1-4-17-30)31-18-5-2-6-19-31/h1-13,15-20,23,25,33-35,40-41H,14,21-22,24H2,(H,39,42)/t33-,34-,35+/m1/s1. The van der Waals surface area contributed by atoms with E-state index in [1.807, 2.05) is 91.0 Å². The predicted octanol–water partition coefficient (Wildman–Crippen LogP) is 5.30. The average Bonchev–Trinajstić information content (AvgIpc) is 3.50. The Kier molecular flexibility index (Phi) is 9.40. The van der Waals surface area contributed by atoms with Crippen molar-refractivity contribution in [3.63, 3.8) is 0 Å². The van der Waals surface area contributed by atoms with Crippen LogP contribution in [-0.2, 0) is 31.2 Å². The Balaban J connectivity index is 1.27. The molecule has 6 rings (SSSR count). The molecule has 234 valence electrons. The fraction of sp³-hybridized carbons (Fsp3) is 0.211. The molecule has 1 fully saturated rings. The number of aromatic hydroxyl groups is 1. The molecule has 3 N–H and O–H groups in total. The third-order valence-corrected chi connectivity index (χ3v) is 8.10. The Morgan fingerprint density at radius 3 is 2.28 bits per heavy atom. The maximum Gasteiger partial charge on any atom is 0.338 e. The maximum atomic E-state index is 13.6. The van der Waals surface area contributed by atoms with Crippen molar-refractivity contribution in [2.75, 3.05) is 13.2 Å². The quantitative estimate of drug-likeness (QED) is 0.207. The number of hydrogen-bond donors (Lipinski definition) is 3. The molecular weight excluding hydrogens is 582 g/mol. The summed E-state index contributed by atoms with van der Waals surface area (Å²) in [5.41, 5.74) is 3.86. The van der Waals surface area contributed by atoms with Crippen molar-refractivity contribution in [3.05, 3.63) is 155 Å². The first-order valence-electron chi connectivity index (χ1n) is 15.3. The average molecular weight is 618 g/mol. The van der Waals surface area contributed by atoms with Gasteiger partial charge in [-0.1, -0.05) is 103 Å². The van der Waals surface area contributed by atoms with Gasteiger partial charge in [0.1, 0.15) is 24.1 Å². The molecule has 4 aromatic rings. The van der Waals surface area contributed by atoms with Gasteiger partial charge in [-0.2, -0.15) is 0 Å². The molecular formula is C38H35NO7. The fourth-order valence-electron chi connectivity index (χ4n) is 5.86. The second kappa shape index (κ2) is 14.0. The number of carbonyl (C=O) groups excluding carboxylic acids is 2. The molecule has 4 aromatic carbocycles. The van der Waals surface area contributed by atoms with Gasteiger partial charge in [0.15, 0.2) is 0 Å². The lowest BCUT2D eigenvalue weighted by Crippen LogP contribution is -2.43. The minimum atomic E-state index is -1.30. The van der Waals surface area contributed by atoms with Gasteiger partial charge >= 0.3 is 5.97 Å². The number of amides is 1. The topological polar surface area (TPSA) is 114 Å². The minimum Gasteiger partial charge on any atom is -0.508 e. The van der Waals surface area contributed by atoms with Gasteiger partial charge in [0.25, 0.3) is 0 Å². The van der Waals surface area contributed by atoms with Gasteiger partial charge in [0.2, 0.25) is 11.7 Å². The first-order valence-corrected chi connectivity index (χ1v) is 15.3. The summed E-state index contributed by atoms with van der Waals surface area (Å²) in [6.45, 7) is -0.111. The molecule has 1 saturated heterocycles. The Hall–Kier alpha value is -5.02. The van der Waals surface area contributed by atoms with Crippen LogP contribution in [0.15, 0.2) is 127 Å². The van der Waals surface area contributed by atoms with Crippen molar-refractivity contribution in [1.82, 2.24) is 5.32 Å². The zero-order valence-electron chi connectivity index (χ0n) is 25.1. The Morgan fingerprint density at radius 1 is 0.891 bits per heavy atom. The van der Waals surface area contributed by atoms with Gasteiger partial charge in [-0.25, -0.2) is 4.79 Å². The third kappa shape index (κ3) is 6.65. The number of para-hydroxylation sites is 1. The smallest absolute Gasteiger partial charge is 0.338 e. The summed E-state index contributed by atoms with van der Waals surface area (Å²) in [5, 5.41) is 22.0. The number of carbonyl (C=O) groups is 2. The van der Waals surface area contributed by atoms with Crippen LogP contribution in [0, 0.1) is 0 Å². The highest BCUT2D eigenvalue weighted by Gasteiger charge is 2.54. The summed E-state index contributed by atoms with van der Waals surface area (Å²) in [4.78, 5) is 26.7. The number of ether oxygens (including phenoxy) is 3. The summed E-state index contributed by atoms with van der Waals surface area (Å²) in [6, 6.07) is 33.3. The summed E-state index contributed by atoms with van der Waals surface area (Å²) in [6.07, 6.45) is 3.91. The maximum absolute atomic E-state index is 13.6. The van der Waals surface area contributed by atoms with Crippen molar-refractivity contribution in [2.24, 2.45) is 0 Å². The number of esters is 1. The Bertz CT molecular complexity index is 1690. The molecule has 0 saturated carbocycles.